The first-order valence-corrected chi connectivity index (χ1v) is 3.32. The fraction of sp³-hybridized carbons (Fsp3) is 0. The number of hydrogen-bond acceptors (Lipinski definition) is 2. The second-order valence-corrected chi connectivity index (χ2v) is 2.27. The molecule has 11 heavy (non-hydrogen) atoms. The zero-order valence-electron chi connectivity index (χ0n) is 5.78. The maximum Gasteiger partial charge on any atom is 0.218 e. The summed E-state index contributed by atoms with van der Waals surface area (Å²) in [6.07, 6.45) is 1.47. The number of hydrogen-bond donors (Lipinski definition) is 1. The van der Waals surface area contributed by atoms with Crippen LogP contribution in [0.15, 0.2) is 30.5 Å². The molecule has 1 aromatic heterocycles. The molecule has 2 nitrogen and oxygen atoms in total. The Hall–Kier alpha value is -1.57. The van der Waals surface area contributed by atoms with Crippen molar-refractivity contribution >= 4 is 10.8 Å². The van der Waals surface area contributed by atoms with Gasteiger partial charge in [0, 0.05) is 17.6 Å². The van der Waals surface area contributed by atoms with Crippen LogP contribution in [0.1, 0.15) is 0 Å². The van der Waals surface area contributed by atoms with E-state index >= 15 is 0 Å². The van der Waals surface area contributed by atoms with Crippen LogP contribution in [-0.4, -0.2) is 10.1 Å². The monoisotopic (exact) mass is 144 g/mol. The van der Waals surface area contributed by atoms with E-state index in [-0.39, 0.29) is 5.88 Å². The van der Waals surface area contributed by atoms with Crippen molar-refractivity contribution < 1.29 is 5.11 Å². The first-order chi connectivity index (χ1) is 5.38. The van der Waals surface area contributed by atoms with Gasteiger partial charge in [-0.25, -0.2) is 4.98 Å². The Kier molecular flexibility index (Phi) is 1.25. The van der Waals surface area contributed by atoms with E-state index in [1.807, 2.05) is 24.3 Å². The predicted octanol–water partition coefficient (Wildman–Crippen LogP) is 1.74. The third kappa shape index (κ3) is 0.923. The third-order valence-electron chi connectivity index (χ3n) is 1.57. The van der Waals surface area contributed by atoms with Gasteiger partial charge in [-0.15, -0.1) is 0 Å². The van der Waals surface area contributed by atoms with Crippen LogP contribution in [0.25, 0.3) is 10.8 Å². The molecule has 53 valence electrons. The molecule has 2 heteroatoms. The van der Waals surface area contributed by atoms with E-state index in [1.54, 1.807) is 0 Å². The molecule has 0 aliphatic carbocycles. The highest BCUT2D eigenvalue weighted by molar-refractivity contribution is 5.85. The molecule has 1 aromatic carbocycles. The Morgan fingerprint density at radius 1 is 1.27 bits per heavy atom. The van der Waals surface area contributed by atoms with Crippen LogP contribution in [0.4, 0.5) is 0 Å². The van der Waals surface area contributed by atoms with E-state index in [9.17, 15) is 5.11 Å². The summed E-state index contributed by atoms with van der Waals surface area (Å²) >= 11 is 0. The number of fused-ring (bicyclic) bond motifs is 1. The van der Waals surface area contributed by atoms with Gasteiger partial charge in [0.15, 0.2) is 0 Å². The average Bonchev–Trinajstić information content (AvgIpc) is 2.06. The Morgan fingerprint density at radius 2 is 2.09 bits per heavy atom. The molecule has 0 aliphatic heterocycles. The van der Waals surface area contributed by atoms with Crippen molar-refractivity contribution in [1.29, 1.82) is 0 Å². The van der Waals surface area contributed by atoms with Crippen LogP contribution in [0, 0.1) is 6.07 Å². The van der Waals surface area contributed by atoms with E-state index < -0.39 is 0 Å². The molecule has 0 spiro atoms. The van der Waals surface area contributed by atoms with Crippen LogP contribution < -0.4 is 0 Å². The number of aromatic nitrogens is 1. The fourth-order valence-corrected chi connectivity index (χ4v) is 1.04. The summed E-state index contributed by atoms with van der Waals surface area (Å²) < 4.78 is 0. The normalized spacial score (nSPS) is 10.2. The minimum Gasteiger partial charge on any atom is -0.493 e. The van der Waals surface area contributed by atoms with Crippen molar-refractivity contribution in [3.05, 3.63) is 36.5 Å². The summed E-state index contributed by atoms with van der Waals surface area (Å²) in [6, 6.07) is 10.4. The molecule has 2 aromatic rings. The van der Waals surface area contributed by atoms with E-state index in [0.717, 1.165) is 10.8 Å². The lowest BCUT2D eigenvalue weighted by atomic mass is 10.2. The molecule has 0 atom stereocenters. The van der Waals surface area contributed by atoms with E-state index in [1.165, 1.54) is 6.20 Å². The van der Waals surface area contributed by atoms with Crippen LogP contribution in [0.5, 0.6) is 5.88 Å². The van der Waals surface area contributed by atoms with Crippen LogP contribution in [-0.2, 0) is 0 Å². The summed E-state index contributed by atoms with van der Waals surface area (Å²) in [5.41, 5.74) is 0. The highest BCUT2D eigenvalue weighted by Gasteiger charge is 1.96. The number of pyridine rings is 1. The van der Waals surface area contributed by atoms with Crippen molar-refractivity contribution in [1.82, 2.24) is 4.98 Å². The number of nitrogens with zero attached hydrogens (tertiary/aromatic N) is 1. The Balaban J connectivity index is 2.91. The number of benzene rings is 1. The second-order valence-electron chi connectivity index (χ2n) is 2.27. The van der Waals surface area contributed by atoms with Crippen molar-refractivity contribution in [2.75, 3.05) is 0 Å². The fourth-order valence-electron chi connectivity index (χ4n) is 1.04. The van der Waals surface area contributed by atoms with Crippen molar-refractivity contribution in [3.63, 3.8) is 0 Å². The van der Waals surface area contributed by atoms with Crippen LogP contribution in [0.3, 0.4) is 0 Å². The lowest BCUT2D eigenvalue weighted by molar-refractivity contribution is 0.460. The van der Waals surface area contributed by atoms with Gasteiger partial charge in [-0.05, 0) is 11.5 Å². The molecule has 0 saturated heterocycles. The minimum atomic E-state index is 0.0688. The zero-order chi connectivity index (χ0) is 7.68. The molecule has 1 radical (unpaired) electrons. The minimum absolute atomic E-state index is 0.0688. The SMILES string of the molecule is Oc1nc[c]c2ccccc12. The third-order valence-corrected chi connectivity index (χ3v) is 1.57. The Morgan fingerprint density at radius 3 is 2.91 bits per heavy atom. The summed E-state index contributed by atoms with van der Waals surface area (Å²) in [5.74, 6) is 0.0688. The predicted molar refractivity (Wildman–Crippen MR) is 42.2 cm³/mol. The quantitative estimate of drug-likeness (QED) is 0.611. The maximum atomic E-state index is 9.24. The molecule has 1 heterocycles. The van der Waals surface area contributed by atoms with Gasteiger partial charge in [0.25, 0.3) is 0 Å². The summed E-state index contributed by atoms with van der Waals surface area (Å²) in [7, 11) is 0. The number of aromatic hydroxyl groups is 1. The molecular weight excluding hydrogens is 138 g/mol. The highest BCUT2D eigenvalue weighted by atomic mass is 16.3. The molecule has 0 bridgehead atoms. The second kappa shape index (κ2) is 2.23. The molecule has 0 fully saturated rings. The maximum absolute atomic E-state index is 9.24. The van der Waals surface area contributed by atoms with Gasteiger partial charge in [0.2, 0.25) is 5.88 Å². The molecule has 2 rings (SSSR count). The molecule has 0 saturated carbocycles. The first kappa shape index (κ1) is 6.16. The van der Waals surface area contributed by atoms with Crippen molar-refractivity contribution in [2.45, 2.75) is 0 Å². The van der Waals surface area contributed by atoms with Gasteiger partial charge in [-0.2, -0.15) is 0 Å². The smallest absolute Gasteiger partial charge is 0.218 e. The van der Waals surface area contributed by atoms with E-state index in [2.05, 4.69) is 11.1 Å². The van der Waals surface area contributed by atoms with Crippen LogP contribution >= 0.6 is 0 Å². The topological polar surface area (TPSA) is 33.1 Å². The Bertz CT molecular complexity index is 379. The van der Waals surface area contributed by atoms with Gasteiger partial charge in [0.1, 0.15) is 0 Å². The van der Waals surface area contributed by atoms with Gasteiger partial charge < -0.3 is 5.11 Å². The summed E-state index contributed by atoms with van der Waals surface area (Å²) in [4.78, 5) is 3.71. The molecule has 0 aliphatic rings. The average molecular weight is 144 g/mol. The lowest BCUT2D eigenvalue weighted by Gasteiger charge is -1.96. The first-order valence-electron chi connectivity index (χ1n) is 3.32. The van der Waals surface area contributed by atoms with Gasteiger partial charge in [0.05, 0.1) is 0 Å². The van der Waals surface area contributed by atoms with Gasteiger partial charge in [-0.3, -0.25) is 0 Å². The van der Waals surface area contributed by atoms with E-state index in [0.29, 0.717) is 0 Å². The van der Waals surface area contributed by atoms with E-state index in [4.69, 9.17) is 0 Å². The molecular formula is C9H6NO. The summed E-state index contributed by atoms with van der Waals surface area (Å²) in [5, 5.41) is 10.9. The molecule has 0 amide bonds. The van der Waals surface area contributed by atoms with Gasteiger partial charge in [-0.1, -0.05) is 18.2 Å². The molecule has 0 unspecified atom stereocenters. The standard InChI is InChI=1S/C9H6NO/c11-9-8-4-2-1-3-7(8)5-6-10-9/h1-4,6H,(H,10,11). The highest BCUT2D eigenvalue weighted by Crippen LogP contribution is 2.19. The van der Waals surface area contributed by atoms with Crippen LogP contribution in [0.2, 0.25) is 0 Å². The van der Waals surface area contributed by atoms with Crippen molar-refractivity contribution in [3.8, 4) is 5.88 Å². The molecule has 1 N–H and O–H groups in total. The summed E-state index contributed by atoms with van der Waals surface area (Å²) in [6.45, 7) is 0. The lowest BCUT2D eigenvalue weighted by Crippen LogP contribution is -1.76. The Labute approximate surface area is 64.1 Å². The van der Waals surface area contributed by atoms with Crippen molar-refractivity contribution in [2.24, 2.45) is 0 Å². The van der Waals surface area contributed by atoms with Gasteiger partial charge >= 0.3 is 0 Å². The number of rotatable bonds is 0. The zero-order valence-corrected chi connectivity index (χ0v) is 5.78. The largest absolute Gasteiger partial charge is 0.493 e.